The van der Waals surface area contributed by atoms with Crippen LogP contribution < -0.4 is 0 Å². The highest BCUT2D eigenvalue weighted by atomic mass is 32.2. The molecule has 1 aromatic heterocycles. The number of nitro benzene ring substituents is 1. The molecule has 1 saturated heterocycles. The third-order valence-electron chi connectivity index (χ3n) is 4.53. The third kappa shape index (κ3) is 3.70. The standard InChI is InChI=1S/C17H14F2N4O4S2/c18-11-8-13-14(9-12(11)19)21-17(20-13)28-15-4-3-10(23(24)25)7-16(15)29(26,27)22-5-1-2-6-22/h3-4,7-9H,1-2,5-6H2,(H,20,21). The number of aromatic amines is 1. The van der Waals surface area contributed by atoms with Crippen LogP contribution in [0.3, 0.4) is 0 Å². The SMILES string of the molecule is O=[N+]([O-])c1ccc(Sc2nc3cc(F)c(F)cc3[nH]2)c(S(=O)(=O)N2CCCC2)c1. The molecule has 4 rings (SSSR count). The molecule has 152 valence electrons. The summed E-state index contributed by atoms with van der Waals surface area (Å²) in [5, 5.41) is 11.4. The monoisotopic (exact) mass is 440 g/mol. The topological polar surface area (TPSA) is 109 Å². The fourth-order valence-corrected chi connectivity index (χ4v) is 5.96. The Kier molecular flexibility index (Phi) is 5.00. The Labute approximate surface area is 168 Å². The lowest BCUT2D eigenvalue weighted by Gasteiger charge is -2.17. The van der Waals surface area contributed by atoms with Crippen LogP contribution >= 0.6 is 11.8 Å². The minimum absolute atomic E-state index is 0.178. The predicted molar refractivity (Wildman–Crippen MR) is 101 cm³/mol. The number of rotatable bonds is 5. The van der Waals surface area contributed by atoms with E-state index in [-0.39, 0.29) is 31.7 Å². The molecular weight excluding hydrogens is 426 g/mol. The second-order valence-corrected chi connectivity index (χ2v) is 9.36. The summed E-state index contributed by atoms with van der Waals surface area (Å²) in [6.07, 6.45) is 1.44. The summed E-state index contributed by atoms with van der Waals surface area (Å²) in [5.74, 6) is -2.08. The largest absolute Gasteiger partial charge is 0.333 e. The Morgan fingerprint density at radius 3 is 2.52 bits per heavy atom. The molecule has 1 N–H and O–H groups in total. The first kappa shape index (κ1) is 19.7. The fraction of sp³-hybridized carbons (Fsp3) is 0.235. The molecule has 1 aliphatic heterocycles. The minimum atomic E-state index is -3.94. The van der Waals surface area contributed by atoms with Crippen molar-refractivity contribution >= 4 is 38.5 Å². The number of hydrogen-bond acceptors (Lipinski definition) is 6. The summed E-state index contributed by atoms with van der Waals surface area (Å²) in [7, 11) is -3.94. The van der Waals surface area contributed by atoms with Gasteiger partial charge in [-0.3, -0.25) is 10.1 Å². The van der Waals surface area contributed by atoms with Gasteiger partial charge in [-0.25, -0.2) is 22.2 Å². The number of sulfonamides is 1. The Hall–Kier alpha value is -2.57. The number of hydrogen-bond donors (Lipinski definition) is 1. The van der Waals surface area contributed by atoms with E-state index in [0.717, 1.165) is 42.8 Å². The Morgan fingerprint density at radius 1 is 1.14 bits per heavy atom. The van der Waals surface area contributed by atoms with E-state index in [0.29, 0.717) is 13.1 Å². The van der Waals surface area contributed by atoms with Crippen molar-refractivity contribution in [2.24, 2.45) is 0 Å². The average Bonchev–Trinajstić information content (AvgIpc) is 3.32. The number of aromatic nitrogens is 2. The minimum Gasteiger partial charge on any atom is -0.333 e. The zero-order valence-corrected chi connectivity index (χ0v) is 16.4. The van der Waals surface area contributed by atoms with Gasteiger partial charge in [0.25, 0.3) is 5.69 Å². The van der Waals surface area contributed by atoms with Crippen LogP contribution in [0, 0.1) is 21.7 Å². The summed E-state index contributed by atoms with van der Waals surface area (Å²) in [4.78, 5) is 17.5. The second-order valence-electron chi connectivity index (χ2n) is 6.43. The van der Waals surface area contributed by atoms with E-state index in [1.807, 2.05) is 0 Å². The summed E-state index contributed by atoms with van der Waals surface area (Å²) in [6.45, 7) is 0.691. The van der Waals surface area contributed by atoms with Gasteiger partial charge in [0.2, 0.25) is 10.0 Å². The number of imidazole rings is 1. The maximum atomic E-state index is 13.4. The molecule has 0 bridgehead atoms. The van der Waals surface area contributed by atoms with Crippen LogP contribution in [0.15, 0.2) is 45.3 Å². The van der Waals surface area contributed by atoms with Gasteiger partial charge in [-0.15, -0.1) is 0 Å². The number of non-ortho nitro benzene ring substituents is 1. The summed E-state index contributed by atoms with van der Waals surface area (Å²) >= 11 is 0.918. The van der Waals surface area contributed by atoms with Crippen molar-refractivity contribution in [3.05, 3.63) is 52.1 Å². The summed E-state index contributed by atoms with van der Waals surface area (Å²) in [6, 6.07) is 5.45. The highest BCUT2D eigenvalue weighted by molar-refractivity contribution is 8.00. The quantitative estimate of drug-likeness (QED) is 0.479. The van der Waals surface area contributed by atoms with E-state index < -0.39 is 26.6 Å². The average molecular weight is 440 g/mol. The number of nitro groups is 1. The predicted octanol–water partition coefficient (Wildman–Crippen LogP) is 3.69. The van der Waals surface area contributed by atoms with Gasteiger partial charge in [0.05, 0.1) is 16.0 Å². The van der Waals surface area contributed by atoms with Crippen LogP contribution in [0.2, 0.25) is 0 Å². The molecule has 0 radical (unpaired) electrons. The van der Waals surface area contributed by atoms with Crippen molar-refractivity contribution in [3.63, 3.8) is 0 Å². The Balaban J connectivity index is 1.78. The van der Waals surface area contributed by atoms with E-state index in [1.54, 1.807) is 0 Å². The smallest absolute Gasteiger partial charge is 0.270 e. The number of halogens is 2. The first-order chi connectivity index (χ1) is 13.8. The van der Waals surface area contributed by atoms with Gasteiger partial charge in [-0.2, -0.15) is 4.31 Å². The lowest BCUT2D eigenvalue weighted by atomic mass is 10.3. The van der Waals surface area contributed by atoms with Gasteiger partial charge in [-0.1, -0.05) is 11.8 Å². The van der Waals surface area contributed by atoms with Crippen LogP contribution in [-0.4, -0.2) is 40.7 Å². The lowest BCUT2D eigenvalue weighted by molar-refractivity contribution is -0.385. The van der Waals surface area contributed by atoms with Gasteiger partial charge >= 0.3 is 0 Å². The number of benzene rings is 2. The highest BCUT2D eigenvalue weighted by Crippen LogP contribution is 2.36. The van der Waals surface area contributed by atoms with Gasteiger partial charge in [-0.05, 0) is 18.9 Å². The van der Waals surface area contributed by atoms with Crippen molar-refractivity contribution in [1.29, 1.82) is 0 Å². The number of fused-ring (bicyclic) bond motifs is 1. The Morgan fingerprint density at radius 2 is 1.83 bits per heavy atom. The highest BCUT2D eigenvalue weighted by Gasteiger charge is 2.31. The van der Waals surface area contributed by atoms with Crippen LogP contribution in [-0.2, 0) is 10.0 Å². The van der Waals surface area contributed by atoms with E-state index in [9.17, 15) is 27.3 Å². The van der Waals surface area contributed by atoms with E-state index >= 15 is 0 Å². The van der Waals surface area contributed by atoms with E-state index in [4.69, 9.17) is 0 Å². The number of nitrogens with one attached hydrogen (secondary N) is 1. The molecule has 0 spiro atoms. The van der Waals surface area contributed by atoms with Crippen LogP contribution in [0.1, 0.15) is 12.8 Å². The second kappa shape index (κ2) is 7.35. The molecule has 0 aliphatic carbocycles. The van der Waals surface area contributed by atoms with Crippen LogP contribution in [0.5, 0.6) is 0 Å². The molecule has 8 nitrogen and oxygen atoms in total. The molecule has 29 heavy (non-hydrogen) atoms. The molecule has 0 amide bonds. The lowest BCUT2D eigenvalue weighted by Crippen LogP contribution is -2.28. The zero-order chi connectivity index (χ0) is 20.8. The molecule has 12 heteroatoms. The maximum Gasteiger partial charge on any atom is 0.270 e. The van der Waals surface area contributed by atoms with E-state index in [2.05, 4.69) is 9.97 Å². The maximum absolute atomic E-state index is 13.4. The number of H-pyrrole nitrogens is 1. The van der Waals surface area contributed by atoms with Gasteiger partial charge < -0.3 is 4.98 Å². The van der Waals surface area contributed by atoms with Gasteiger partial charge in [0.15, 0.2) is 16.8 Å². The molecule has 0 unspecified atom stereocenters. The Bertz CT molecular complexity index is 1180. The fourth-order valence-electron chi connectivity index (χ4n) is 3.10. The van der Waals surface area contributed by atoms with Crippen molar-refractivity contribution in [3.8, 4) is 0 Å². The van der Waals surface area contributed by atoms with Crippen molar-refractivity contribution in [2.45, 2.75) is 27.8 Å². The molecule has 0 atom stereocenters. The van der Waals surface area contributed by atoms with Crippen molar-refractivity contribution in [2.75, 3.05) is 13.1 Å². The van der Waals surface area contributed by atoms with Crippen LogP contribution in [0.25, 0.3) is 11.0 Å². The molecule has 2 heterocycles. The molecule has 1 aliphatic rings. The zero-order valence-electron chi connectivity index (χ0n) is 14.8. The molecule has 0 saturated carbocycles. The summed E-state index contributed by atoms with van der Waals surface area (Å²) < 4.78 is 54.2. The van der Waals surface area contributed by atoms with Crippen molar-refractivity contribution in [1.82, 2.24) is 14.3 Å². The summed E-state index contributed by atoms with van der Waals surface area (Å²) in [5.41, 5.74) is 0.0791. The van der Waals surface area contributed by atoms with Gasteiger partial charge in [0, 0.05) is 42.3 Å². The van der Waals surface area contributed by atoms with Gasteiger partial charge in [0.1, 0.15) is 4.90 Å². The van der Waals surface area contributed by atoms with Crippen molar-refractivity contribution < 1.29 is 22.1 Å². The molecule has 2 aromatic carbocycles. The first-order valence-electron chi connectivity index (χ1n) is 8.57. The van der Waals surface area contributed by atoms with Crippen LogP contribution in [0.4, 0.5) is 14.5 Å². The molecule has 1 fully saturated rings. The number of nitrogens with zero attached hydrogens (tertiary/aromatic N) is 3. The molecule has 3 aromatic rings. The third-order valence-corrected chi connectivity index (χ3v) is 7.56. The first-order valence-corrected chi connectivity index (χ1v) is 10.8. The normalized spacial score (nSPS) is 15.2. The van der Waals surface area contributed by atoms with E-state index in [1.165, 1.54) is 16.4 Å². The molecular formula is C17H14F2N4O4S2.